The van der Waals surface area contributed by atoms with Crippen molar-refractivity contribution in [1.82, 2.24) is 10.6 Å². The number of rotatable bonds is 2. The van der Waals surface area contributed by atoms with Gasteiger partial charge in [-0.2, -0.15) is 0 Å². The van der Waals surface area contributed by atoms with Crippen molar-refractivity contribution in [1.29, 1.82) is 0 Å². The monoisotopic (exact) mass is 249 g/mol. The normalized spacial score (nSPS) is 9.94. The number of benzene rings is 1. The minimum absolute atomic E-state index is 0.171. The first kappa shape index (κ1) is 13.7. The van der Waals surface area contributed by atoms with E-state index in [1.165, 1.54) is 24.3 Å². The molecule has 96 valence electrons. The van der Waals surface area contributed by atoms with Crippen molar-refractivity contribution in [3.8, 4) is 0 Å². The number of carbonyl (C=O) groups is 3. The fourth-order valence-corrected chi connectivity index (χ4v) is 1.19. The topological polar surface area (TPSA) is 101 Å². The van der Waals surface area contributed by atoms with E-state index in [9.17, 15) is 14.4 Å². The third kappa shape index (κ3) is 3.89. The molecule has 0 bridgehead atoms. The summed E-state index contributed by atoms with van der Waals surface area (Å²) in [5, 5.41) is 4.38. The van der Waals surface area contributed by atoms with Crippen LogP contribution in [0.4, 0.5) is 5.69 Å². The lowest BCUT2D eigenvalue weighted by atomic mass is 10.2. The molecule has 0 heterocycles. The Morgan fingerprint density at radius 1 is 1.06 bits per heavy atom. The summed E-state index contributed by atoms with van der Waals surface area (Å²) in [5.41, 5.74) is 6.24. The molecular formula is C12H15N3O3. The van der Waals surface area contributed by atoms with E-state index >= 15 is 0 Å². The number of hydrogen-bond acceptors (Lipinski definition) is 4. The molecule has 0 saturated heterocycles. The summed E-state index contributed by atoms with van der Waals surface area (Å²) in [5.74, 6) is -2.46. The number of nitrogen functional groups attached to an aromatic ring is 1. The highest BCUT2D eigenvalue weighted by Crippen LogP contribution is 2.04. The molecule has 0 saturated carbocycles. The third-order valence-electron chi connectivity index (χ3n) is 2.03. The van der Waals surface area contributed by atoms with Crippen LogP contribution < -0.4 is 16.4 Å². The fraction of sp³-hybridized carbons (Fsp3) is 0.250. The number of imide groups is 1. The van der Waals surface area contributed by atoms with E-state index in [0.717, 1.165) is 0 Å². The Balaban J connectivity index is 2.62. The summed E-state index contributed by atoms with van der Waals surface area (Å²) < 4.78 is 0. The van der Waals surface area contributed by atoms with Gasteiger partial charge in [0.25, 0.3) is 5.91 Å². The lowest BCUT2D eigenvalue weighted by Gasteiger charge is -2.08. The molecule has 0 aromatic heterocycles. The summed E-state index contributed by atoms with van der Waals surface area (Å²) in [6.07, 6.45) is 0. The maximum Gasteiger partial charge on any atom is 0.316 e. The molecule has 1 rings (SSSR count). The molecule has 0 aliphatic rings. The Bertz CT molecular complexity index is 466. The molecule has 0 aliphatic heterocycles. The Morgan fingerprint density at radius 3 is 2.11 bits per heavy atom. The van der Waals surface area contributed by atoms with Crippen molar-refractivity contribution in [2.24, 2.45) is 0 Å². The van der Waals surface area contributed by atoms with Crippen LogP contribution in [0.1, 0.15) is 24.2 Å². The number of nitrogens with one attached hydrogen (secondary N) is 2. The van der Waals surface area contributed by atoms with Gasteiger partial charge >= 0.3 is 11.8 Å². The molecule has 0 spiro atoms. The lowest BCUT2D eigenvalue weighted by Crippen LogP contribution is -2.44. The number of nitrogens with two attached hydrogens (primary N) is 1. The predicted octanol–water partition coefficient (Wildman–Crippen LogP) is 0.0498. The number of carbonyl (C=O) groups excluding carboxylic acids is 3. The third-order valence-corrected chi connectivity index (χ3v) is 2.03. The smallest absolute Gasteiger partial charge is 0.316 e. The SMILES string of the molecule is CC(C)NC(=O)C(=O)NC(=O)c1ccc(N)cc1. The van der Waals surface area contributed by atoms with Crippen molar-refractivity contribution in [2.45, 2.75) is 19.9 Å². The highest BCUT2D eigenvalue weighted by atomic mass is 16.2. The van der Waals surface area contributed by atoms with Crippen molar-refractivity contribution < 1.29 is 14.4 Å². The van der Waals surface area contributed by atoms with Gasteiger partial charge in [0.15, 0.2) is 0 Å². The summed E-state index contributed by atoms with van der Waals surface area (Å²) in [6.45, 7) is 3.43. The Kier molecular flexibility index (Phi) is 4.42. The zero-order valence-corrected chi connectivity index (χ0v) is 10.2. The molecule has 6 heteroatoms. The molecule has 0 fully saturated rings. The first-order valence-electron chi connectivity index (χ1n) is 5.42. The van der Waals surface area contributed by atoms with E-state index in [0.29, 0.717) is 5.69 Å². The average Bonchev–Trinajstić information content (AvgIpc) is 2.28. The van der Waals surface area contributed by atoms with Gasteiger partial charge in [0, 0.05) is 17.3 Å². The van der Waals surface area contributed by atoms with Crippen molar-refractivity contribution in [3.05, 3.63) is 29.8 Å². The Labute approximate surface area is 105 Å². The molecule has 0 unspecified atom stereocenters. The molecule has 3 amide bonds. The second-order valence-corrected chi connectivity index (χ2v) is 4.03. The van der Waals surface area contributed by atoms with Crippen LogP contribution in [-0.2, 0) is 9.59 Å². The summed E-state index contributed by atoms with van der Waals surface area (Å²) in [6, 6.07) is 5.84. The molecule has 4 N–H and O–H groups in total. The van der Waals surface area contributed by atoms with E-state index < -0.39 is 17.7 Å². The number of amides is 3. The van der Waals surface area contributed by atoms with Crippen LogP contribution in [-0.4, -0.2) is 23.8 Å². The van der Waals surface area contributed by atoms with Crippen LogP contribution in [0.5, 0.6) is 0 Å². The second kappa shape index (κ2) is 5.81. The van der Waals surface area contributed by atoms with Gasteiger partial charge in [-0.15, -0.1) is 0 Å². The standard InChI is InChI=1S/C12H15N3O3/c1-7(2)14-11(17)12(18)15-10(16)8-3-5-9(13)6-4-8/h3-7H,13H2,1-2H3,(H,14,17)(H,15,16,18). The van der Waals surface area contributed by atoms with E-state index in [2.05, 4.69) is 5.32 Å². The van der Waals surface area contributed by atoms with Gasteiger partial charge in [-0.25, -0.2) is 0 Å². The summed E-state index contributed by atoms with van der Waals surface area (Å²) in [7, 11) is 0. The molecule has 0 aliphatic carbocycles. The number of hydrogen-bond donors (Lipinski definition) is 3. The quantitative estimate of drug-likeness (QED) is 0.509. The van der Waals surface area contributed by atoms with Crippen LogP contribution >= 0.6 is 0 Å². The van der Waals surface area contributed by atoms with Gasteiger partial charge in [-0.1, -0.05) is 0 Å². The molecule has 0 radical (unpaired) electrons. The molecule has 0 atom stereocenters. The van der Waals surface area contributed by atoms with Crippen LogP contribution in [0.15, 0.2) is 24.3 Å². The van der Waals surface area contributed by atoms with Gasteiger partial charge in [0.05, 0.1) is 0 Å². The first-order valence-corrected chi connectivity index (χ1v) is 5.42. The van der Waals surface area contributed by atoms with Crippen LogP contribution in [0.2, 0.25) is 0 Å². The van der Waals surface area contributed by atoms with Gasteiger partial charge in [-0.3, -0.25) is 19.7 Å². The van der Waals surface area contributed by atoms with Crippen LogP contribution in [0.25, 0.3) is 0 Å². The van der Waals surface area contributed by atoms with E-state index in [1.807, 2.05) is 5.32 Å². The molecule has 1 aromatic carbocycles. The number of anilines is 1. The van der Waals surface area contributed by atoms with Gasteiger partial charge in [0.2, 0.25) is 0 Å². The predicted molar refractivity (Wildman–Crippen MR) is 66.6 cm³/mol. The van der Waals surface area contributed by atoms with Gasteiger partial charge in [-0.05, 0) is 38.1 Å². The zero-order chi connectivity index (χ0) is 13.7. The minimum atomic E-state index is -0.981. The van der Waals surface area contributed by atoms with Crippen molar-refractivity contribution in [2.75, 3.05) is 5.73 Å². The fourth-order valence-electron chi connectivity index (χ4n) is 1.19. The largest absolute Gasteiger partial charge is 0.399 e. The Morgan fingerprint density at radius 2 is 1.61 bits per heavy atom. The highest BCUT2D eigenvalue weighted by molar-refractivity contribution is 6.38. The van der Waals surface area contributed by atoms with Gasteiger partial charge < -0.3 is 11.1 Å². The summed E-state index contributed by atoms with van der Waals surface area (Å²) in [4.78, 5) is 34.2. The second-order valence-electron chi connectivity index (χ2n) is 4.03. The summed E-state index contributed by atoms with van der Waals surface area (Å²) >= 11 is 0. The van der Waals surface area contributed by atoms with Crippen molar-refractivity contribution >= 4 is 23.4 Å². The van der Waals surface area contributed by atoms with E-state index in [1.54, 1.807) is 13.8 Å². The molecule has 1 aromatic rings. The molecule has 6 nitrogen and oxygen atoms in total. The van der Waals surface area contributed by atoms with Crippen LogP contribution in [0.3, 0.4) is 0 Å². The maximum absolute atomic E-state index is 11.6. The van der Waals surface area contributed by atoms with Gasteiger partial charge in [0.1, 0.15) is 0 Å². The lowest BCUT2D eigenvalue weighted by molar-refractivity contribution is -0.138. The highest BCUT2D eigenvalue weighted by Gasteiger charge is 2.17. The van der Waals surface area contributed by atoms with E-state index in [4.69, 9.17) is 5.73 Å². The minimum Gasteiger partial charge on any atom is -0.399 e. The maximum atomic E-state index is 11.6. The average molecular weight is 249 g/mol. The van der Waals surface area contributed by atoms with E-state index in [-0.39, 0.29) is 11.6 Å². The molecular weight excluding hydrogens is 234 g/mol. The zero-order valence-electron chi connectivity index (χ0n) is 10.2. The Hall–Kier alpha value is -2.37. The molecule has 18 heavy (non-hydrogen) atoms. The van der Waals surface area contributed by atoms with Crippen molar-refractivity contribution in [3.63, 3.8) is 0 Å². The van der Waals surface area contributed by atoms with Crippen LogP contribution in [0, 0.1) is 0 Å². The first-order chi connectivity index (χ1) is 8.40.